The van der Waals surface area contributed by atoms with Crippen LogP contribution in [0.25, 0.3) is 0 Å². The van der Waals surface area contributed by atoms with Crippen molar-refractivity contribution in [3.8, 4) is 5.75 Å². The highest BCUT2D eigenvalue weighted by molar-refractivity contribution is 5.28. The third-order valence-electron chi connectivity index (χ3n) is 3.74. The van der Waals surface area contributed by atoms with Crippen LogP contribution in [0.1, 0.15) is 51.1 Å². The van der Waals surface area contributed by atoms with E-state index in [1.807, 2.05) is 24.3 Å². The van der Waals surface area contributed by atoms with Gasteiger partial charge in [0.25, 0.3) is 0 Å². The second-order valence-electron chi connectivity index (χ2n) is 5.33. The summed E-state index contributed by atoms with van der Waals surface area (Å²) in [5.74, 6) is 1.52. The fraction of sp³-hybridized carbons (Fsp3) is 0.647. The molecule has 0 bridgehead atoms. The summed E-state index contributed by atoms with van der Waals surface area (Å²) in [7, 11) is 1.67. The van der Waals surface area contributed by atoms with Gasteiger partial charge < -0.3 is 15.2 Å². The normalized spacial score (nSPS) is 14.0. The second-order valence-corrected chi connectivity index (χ2v) is 5.33. The number of unbranched alkanes of at least 4 members (excludes halogenated alkanes) is 1. The lowest BCUT2D eigenvalue weighted by Gasteiger charge is -2.17. The molecule has 1 aromatic rings. The van der Waals surface area contributed by atoms with Gasteiger partial charge in [0.05, 0.1) is 19.8 Å². The summed E-state index contributed by atoms with van der Waals surface area (Å²) < 4.78 is 10.9. The number of nitrogens with two attached hydrogens (primary N) is 1. The molecule has 0 saturated carbocycles. The molecule has 0 amide bonds. The lowest BCUT2D eigenvalue weighted by molar-refractivity contribution is 0.0837. The zero-order valence-electron chi connectivity index (χ0n) is 13.1. The molecule has 3 nitrogen and oxygen atoms in total. The molecule has 0 aliphatic rings. The SMILES string of the molecule is CCCCC(CC)COCC(N)c1ccc(OC)cc1. The Bertz CT molecular complexity index is 351. The number of hydrogen-bond donors (Lipinski definition) is 1. The van der Waals surface area contributed by atoms with Crippen molar-refractivity contribution in [2.24, 2.45) is 11.7 Å². The molecule has 1 aromatic carbocycles. The highest BCUT2D eigenvalue weighted by atomic mass is 16.5. The van der Waals surface area contributed by atoms with E-state index in [2.05, 4.69) is 13.8 Å². The fourth-order valence-electron chi connectivity index (χ4n) is 2.21. The second kappa shape index (κ2) is 9.78. The van der Waals surface area contributed by atoms with Gasteiger partial charge in [-0.05, 0) is 30.0 Å². The van der Waals surface area contributed by atoms with Crippen LogP contribution in [0.3, 0.4) is 0 Å². The van der Waals surface area contributed by atoms with Crippen LogP contribution in [-0.2, 0) is 4.74 Å². The largest absolute Gasteiger partial charge is 0.497 e. The van der Waals surface area contributed by atoms with E-state index in [-0.39, 0.29) is 6.04 Å². The minimum atomic E-state index is -0.0652. The molecule has 1 rings (SSSR count). The summed E-state index contributed by atoms with van der Waals surface area (Å²) >= 11 is 0. The van der Waals surface area contributed by atoms with Gasteiger partial charge in [-0.25, -0.2) is 0 Å². The van der Waals surface area contributed by atoms with E-state index in [1.54, 1.807) is 7.11 Å². The van der Waals surface area contributed by atoms with Crippen LogP contribution < -0.4 is 10.5 Å². The van der Waals surface area contributed by atoms with Crippen LogP contribution in [-0.4, -0.2) is 20.3 Å². The highest BCUT2D eigenvalue weighted by Gasteiger charge is 2.09. The van der Waals surface area contributed by atoms with Gasteiger partial charge in [0.1, 0.15) is 5.75 Å². The van der Waals surface area contributed by atoms with Crippen molar-refractivity contribution in [2.75, 3.05) is 20.3 Å². The van der Waals surface area contributed by atoms with Crippen molar-refractivity contribution in [1.82, 2.24) is 0 Å². The molecular weight excluding hydrogens is 250 g/mol. The molecule has 114 valence electrons. The average molecular weight is 279 g/mol. The Morgan fingerprint density at radius 1 is 1.10 bits per heavy atom. The number of benzene rings is 1. The van der Waals surface area contributed by atoms with E-state index in [9.17, 15) is 0 Å². The van der Waals surface area contributed by atoms with Crippen LogP contribution >= 0.6 is 0 Å². The first-order valence-corrected chi connectivity index (χ1v) is 7.68. The molecule has 2 unspecified atom stereocenters. The quantitative estimate of drug-likeness (QED) is 0.706. The Hall–Kier alpha value is -1.06. The summed E-state index contributed by atoms with van der Waals surface area (Å²) in [5, 5.41) is 0. The maximum Gasteiger partial charge on any atom is 0.118 e. The molecule has 0 saturated heterocycles. The van der Waals surface area contributed by atoms with Gasteiger partial charge in [-0.1, -0.05) is 45.2 Å². The highest BCUT2D eigenvalue weighted by Crippen LogP contribution is 2.17. The lowest BCUT2D eigenvalue weighted by atomic mass is 10.0. The van der Waals surface area contributed by atoms with Gasteiger partial charge >= 0.3 is 0 Å². The van der Waals surface area contributed by atoms with Crippen LogP contribution in [0, 0.1) is 5.92 Å². The molecule has 20 heavy (non-hydrogen) atoms. The minimum Gasteiger partial charge on any atom is -0.497 e. The zero-order chi connectivity index (χ0) is 14.8. The van der Waals surface area contributed by atoms with Gasteiger partial charge in [0.15, 0.2) is 0 Å². The Kier molecular flexibility index (Phi) is 8.31. The van der Waals surface area contributed by atoms with E-state index in [0.717, 1.165) is 17.9 Å². The smallest absolute Gasteiger partial charge is 0.118 e. The standard InChI is InChI=1S/C17H29NO2/c1-4-6-7-14(5-2)12-20-13-17(18)15-8-10-16(19-3)11-9-15/h8-11,14,17H,4-7,12-13,18H2,1-3H3. The molecule has 0 heterocycles. The van der Waals surface area contributed by atoms with E-state index in [0.29, 0.717) is 12.5 Å². The summed E-state index contributed by atoms with van der Waals surface area (Å²) in [6.45, 7) is 5.86. The number of ether oxygens (including phenoxy) is 2. The minimum absolute atomic E-state index is 0.0652. The predicted molar refractivity (Wildman–Crippen MR) is 84.0 cm³/mol. The zero-order valence-corrected chi connectivity index (χ0v) is 13.1. The molecule has 2 atom stereocenters. The van der Waals surface area contributed by atoms with E-state index >= 15 is 0 Å². The summed E-state index contributed by atoms with van der Waals surface area (Å²) in [6, 6.07) is 7.81. The monoisotopic (exact) mass is 279 g/mol. The Morgan fingerprint density at radius 2 is 1.80 bits per heavy atom. The number of hydrogen-bond acceptors (Lipinski definition) is 3. The van der Waals surface area contributed by atoms with E-state index in [4.69, 9.17) is 15.2 Å². The average Bonchev–Trinajstić information content (AvgIpc) is 2.50. The summed E-state index contributed by atoms with van der Waals surface area (Å²) in [5.41, 5.74) is 7.24. The Morgan fingerprint density at radius 3 is 2.35 bits per heavy atom. The van der Waals surface area contributed by atoms with Gasteiger partial charge in [-0.15, -0.1) is 0 Å². The lowest BCUT2D eigenvalue weighted by Crippen LogP contribution is -2.19. The summed E-state index contributed by atoms with van der Waals surface area (Å²) in [6.07, 6.45) is 4.97. The van der Waals surface area contributed by atoms with Crippen molar-refractivity contribution >= 4 is 0 Å². The maximum atomic E-state index is 6.15. The molecule has 2 N–H and O–H groups in total. The van der Waals surface area contributed by atoms with Crippen LogP contribution in [0.15, 0.2) is 24.3 Å². The Balaban J connectivity index is 2.32. The van der Waals surface area contributed by atoms with Crippen LogP contribution in [0.5, 0.6) is 5.75 Å². The van der Waals surface area contributed by atoms with Gasteiger partial charge in [-0.3, -0.25) is 0 Å². The van der Waals surface area contributed by atoms with Gasteiger partial charge in [0.2, 0.25) is 0 Å². The van der Waals surface area contributed by atoms with Gasteiger partial charge in [-0.2, -0.15) is 0 Å². The van der Waals surface area contributed by atoms with Crippen molar-refractivity contribution in [2.45, 2.75) is 45.6 Å². The van der Waals surface area contributed by atoms with Crippen molar-refractivity contribution in [1.29, 1.82) is 0 Å². The van der Waals surface area contributed by atoms with E-state index < -0.39 is 0 Å². The third kappa shape index (κ3) is 5.93. The summed E-state index contributed by atoms with van der Waals surface area (Å²) in [4.78, 5) is 0. The molecule has 0 aliphatic heterocycles. The van der Waals surface area contributed by atoms with Crippen molar-refractivity contribution < 1.29 is 9.47 Å². The van der Waals surface area contributed by atoms with Gasteiger partial charge in [0, 0.05) is 6.61 Å². The molecule has 0 aromatic heterocycles. The van der Waals surface area contributed by atoms with Crippen molar-refractivity contribution in [3.63, 3.8) is 0 Å². The first kappa shape index (κ1) is 17.0. The molecule has 0 aliphatic carbocycles. The Labute approximate surface area is 123 Å². The van der Waals surface area contributed by atoms with Crippen LogP contribution in [0.2, 0.25) is 0 Å². The van der Waals surface area contributed by atoms with Crippen molar-refractivity contribution in [3.05, 3.63) is 29.8 Å². The molecule has 0 fully saturated rings. The first-order chi connectivity index (χ1) is 9.71. The number of rotatable bonds is 10. The fourth-order valence-corrected chi connectivity index (χ4v) is 2.21. The molecule has 3 heteroatoms. The predicted octanol–water partition coefficient (Wildman–Crippen LogP) is 3.93. The molecule has 0 spiro atoms. The maximum absolute atomic E-state index is 6.15. The first-order valence-electron chi connectivity index (χ1n) is 7.68. The number of methoxy groups -OCH3 is 1. The molecule has 0 radical (unpaired) electrons. The van der Waals surface area contributed by atoms with Crippen LogP contribution in [0.4, 0.5) is 0 Å². The van der Waals surface area contributed by atoms with E-state index in [1.165, 1.54) is 25.7 Å². The third-order valence-corrected chi connectivity index (χ3v) is 3.74. The molecular formula is C17H29NO2. The topological polar surface area (TPSA) is 44.5 Å².